The van der Waals surface area contributed by atoms with E-state index in [0.29, 0.717) is 30.7 Å². The van der Waals surface area contributed by atoms with Crippen molar-refractivity contribution in [3.8, 4) is 11.8 Å². The number of hydrogen-bond acceptors (Lipinski definition) is 8. The summed E-state index contributed by atoms with van der Waals surface area (Å²) in [7, 11) is 0. The molecule has 1 fully saturated rings. The summed E-state index contributed by atoms with van der Waals surface area (Å²) >= 11 is 0. The molecule has 0 spiro atoms. The summed E-state index contributed by atoms with van der Waals surface area (Å²) in [5, 5.41) is 17.7. The molecule has 1 N–H and O–H groups in total. The molecule has 0 unspecified atom stereocenters. The molecule has 0 aliphatic carbocycles. The third-order valence-corrected chi connectivity index (χ3v) is 4.87. The fourth-order valence-electron chi connectivity index (χ4n) is 3.27. The second-order valence-electron chi connectivity index (χ2n) is 6.84. The number of nitrogens with zero attached hydrogens (tertiary/aromatic N) is 7. The highest BCUT2D eigenvalue weighted by atomic mass is 16.5. The Balaban J connectivity index is 1.32. The molecule has 9 nitrogen and oxygen atoms in total. The van der Waals surface area contributed by atoms with Crippen molar-refractivity contribution in [1.82, 2.24) is 24.7 Å². The van der Waals surface area contributed by atoms with Gasteiger partial charge in [-0.1, -0.05) is 0 Å². The summed E-state index contributed by atoms with van der Waals surface area (Å²) in [6.45, 7) is 3.00. The number of fused-ring (bicyclic) bond motifs is 1. The number of aromatic nitrogens is 5. The van der Waals surface area contributed by atoms with Gasteiger partial charge in [0.15, 0.2) is 0 Å². The Morgan fingerprint density at radius 3 is 2.67 bits per heavy atom. The van der Waals surface area contributed by atoms with Crippen LogP contribution in [0.25, 0.3) is 16.6 Å². The number of nitriles is 1. The van der Waals surface area contributed by atoms with Crippen molar-refractivity contribution >= 4 is 28.5 Å². The lowest BCUT2D eigenvalue weighted by atomic mass is 10.2. The number of hydrogen-bond donors (Lipinski definition) is 1. The summed E-state index contributed by atoms with van der Waals surface area (Å²) in [5.74, 6) is 1.18. The molecular formula is C21H18N8O. The van der Waals surface area contributed by atoms with E-state index in [9.17, 15) is 0 Å². The van der Waals surface area contributed by atoms with Crippen molar-refractivity contribution in [2.45, 2.75) is 0 Å². The van der Waals surface area contributed by atoms with Crippen LogP contribution in [0.15, 0.2) is 55.0 Å². The minimum absolute atomic E-state index is 0.473. The van der Waals surface area contributed by atoms with Gasteiger partial charge < -0.3 is 15.0 Å². The predicted octanol–water partition coefficient (Wildman–Crippen LogP) is 2.66. The lowest BCUT2D eigenvalue weighted by Gasteiger charge is -2.25. The lowest BCUT2D eigenvalue weighted by Crippen LogP contribution is -2.37. The molecular weight excluding hydrogens is 380 g/mol. The summed E-state index contributed by atoms with van der Waals surface area (Å²) < 4.78 is 7.13. The van der Waals surface area contributed by atoms with Gasteiger partial charge in [0, 0.05) is 30.4 Å². The Morgan fingerprint density at radius 1 is 1.03 bits per heavy atom. The first kappa shape index (κ1) is 18.0. The van der Waals surface area contributed by atoms with Crippen molar-refractivity contribution in [3.63, 3.8) is 0 Å². The zero-order valence-electron chi connectivity index (χ0n) is 16.1. The van der Waals surface area contributed by atoms with E-state index < -0.39 is 0 Å². The van der Waals surface area contributed by atoms with Crippen LogP contribution in [0.1, 0.15) is 5.56 Å². The number of nitrogens with one attached hydrogen (secondary N) is 1. The highest BCUT2D eigenvalue weighted by Gasteiger charge is 2.15. The molecule has 0 radical (unpaired) electrons. The SMILES string of the molecule is N#Cc1ccc2cnc(Nc3ccc(-n4cnc(N5CCOCC5)n4)cc3)nc2c1. The van der Waals surface area contributed by atoms with E-state index in [-0.39, 0.29) is 0 Å². The van der Waals surface area contributed by atoms with Crippen LogP contribution >= 0.6 is 0 Å². The van der Waals surface area contributed by atoms with E-state index in [0.717, 1.165) is 35.4 Å². The van der Waals surface area contributed by atoms with E-state index in [1.807, 2.05) is 30.3 Å². The van der Waals surface area contributed by atoms with Crippen molar-refractivity contribution in [2.24, 2.45) is 0 Å². The van der Waals surface area contributed by atoms with Gasteiger partial charge in [0.05, 0.1) is 36.1 Å². The normalized spacial score (nSPS) is 13.9. The van der Waals surface area contributed by atoms with Gasteiger partial charge in [-0.25, -0.2) is 14.6 Å². The van der Waals surface area contributed by atoms with E-state index in [1.54, 1.807) is 29.3 Å². The Hall–Kier alpha value is -4.03. The molecule has 0 saturated carbocycles. The highest BCUT2D eigenvalue weighted by molar-refractivity contribution is 5.80. The van der Waals surface area contributed by atoms with Gasteiger partial charge >= 0.3 is 0 Å². The summed E-state index contributed by atoms with van der Waals surface area (Å²) in [5.41, 5.74) is 3.05. The molecule has 3 heterocycles. The average molecular weight is 398 g/mol. The first-order valence-electron chi connectivity index (χ1n) is 9.57. The van der Waals surface area contributed by atoms with Crippen LogP contribution in [-0.2, 0) is 4.74 Å². The molecule has 0 bridgehead atoms. The van der Waals surface area contributed by atoms with Gasteiger partial charge in [-0.15, -0.1) is 5.10 Å². The fourth-order valence-corrected chi connectivity index (χ4v) is 3.27. The molecule has 2 aromatic heterocycles. The maximum absolute atomic E-state index is 9.07. The lowest BCUT2D eigenvalue weighted by molar-refractivity contribution is 0.122. The topological polar surface area (TPSA) is 105 Å². The van der Waals surface area contributed by atoms with Gasteiger partial charge in [0.1, 0.15) is 6.33 Å². The van der Waals surface area contributed by atoms with E-state index in [2.05, 4.69) is 36.3 Å². The smallest absolute Gasteiger partial charge is 0.245 e. The highest BCUT2D eigenvalue weighted by Crippen LogP contribution is 2.19. The Bertz CT molecular complexity index is 1220. The number of anilines is 3. The second-order valence-corrected chi connectivity index (χ2v) is 6.84. The summed E-state index contributed by atoms with van der Waals surface area (Å²) in [6, 6.07) is 15.3. The second kappa shape index (κ2) is 7.77. The van der Waals surface area contributed by atoms with Crippen molar-refractivity contribution in [2.75, 3.05) is 36.5 Å². The van der Waals surface area contributed by atoms with Crippen LogP contribution < -0.4 is 10.2 Å². The molecule has 30 heavy (non-hydrogen) atoms. The van der Waals surface area contributed by atoms with Crippen LogP contribution in [0.5, 0.6) is 0 Å². The van der Waals surface area contributed by atoms with Gasteiger partial charge in [-0.05, 0) is 42.5 Å². The third-order valence-electron chi connectivity index (χ3n) is 4.87. The van der Waals surface area contributed by atoms with Gasteiger partial charge in [0.2, 0.25) is 11.9 Å². The van der Waals surface area contributed by atoms with Crippen molar-refractivity contribution in [1.29, 1.82) is 5.26 Å². The van der Waals surface area contributed by atoms with Crippen LogP contribution in [0, 0.1) is 11.3 Å². The number of rotatable bonds is 4. The minimum atomic E-state index is 0.473. The molecule has 5 rings (SSSR count). The van der Waals surface area contributed by atoms with Crippen LogP contribution in [0.3, 0.4) is 0 Å². The third kappa shape index (κ3) is 3.64. The minimum Gasteiger partial charge on any atom is -0.378 e. The first-order chi connectivity index (χ1) is 14.8. The van der Waals surface area contributed by atoms with E-state index in [1.165, 1.54) is 0 Å². The predicted molar refractivity (Wildman–Crippen MR) is 112 cm³/mol. The quantitative estimate of drug-likeness (QED) is 0.559. The molecule has 4 aromatic rings. The van der Waals surface area contributed by atoms with Gasteiger partial charge in [-0.2, -0.15) is 10.2 Å². The Labute approximate surface area is 172 Å². The zero-order valence-corrected chi connectivity index (χ0v) is 16.1. The zero-order chi connectivity index (χ0) is 20.3. The van der Waals surface area contributed by atoms with Crippen molar-refractivity contribution < 1.29 is 4.74 Å². The van der Waals surface area contributed by atoms with E-state index in [4.69, 9.17) is 10.00 Å². The first-order valence-corrected chi connectivity index (χ1v) is 9.57. The molecule has 2 aromatic carbocycles. The van der Waals surface area contributed by atoms with Crippen LogP contribution in [0.4, 0.5) is 17.6 Å². The van der Waals surface area contributed by atoms with Crippen LogP contribution in [-0.4, -0.2) is 51.0 Å². The monoisotopic (exact) mass is 398 g/mol. The molecule has 1 saturated heterocycles. The average Bonchev–Trinajstić information content (AvgIpc) is 3.30. The number of morpholine rings is 1. The standard InChI is InChI=1S/C21H18N8O/c22-12-15-1-2-16-13-23-20(26-19(16)11-15)25-17-3-5-18(6-4-17)29-14-24-21(27-29)28-7-9-30-10-8-28/h1-6,11,13-14H,7-10H2,(H,23,25,26). The fraction of sp³-hybridized carbons (Fsp3) is 0.190. The molecule has 1 aliphatic rings. The Morgan fingerprint density at radius 2 is 1.87 bits per heavy atom. The van der Waals surface area contributed by atoms with Crippen molar-refractivity contribution in [3.05, 3.63) is 60.6 Å². The molecule has 1 aliphatic heterocycles. The largest absolute Gasteiger partial charge is 0.378 e. The van der Waals surface area contributed by atoms with Crippen LogP contribution in [0.2, 0.25) is 0 Å². The maximum Gasteiger partial charge on any atom is 0.245 e. The molecule has 148 valence electrons. The van der Waals surface area contributed by atoms with Gasteiger partial charge in [-0.3, -0.25) is 0 Å². The molecule has 0 atom stereocenters. The molecule has 9 heteroatoms. The van der Waals surface area contributed by atoms with Gasteiger partial charge in [0.25, 0.3) is 0 Å². The Kier molecular flexibility index (Phi) is 4.67. The molecule has 0 amide bonds. The van der Waals surface area contributed by atoms with E-state index >= 15 is 0 Å². The summed E-state index contributed by atoms with van der Waals surface area (Å²) in [4.78, 5) is 15.4. The number of benzene rings is 2. The summed E-state index contributed by atoms with van der Waals surface area (Å²) in [6.07, 6.45) is 3.45. The maximum atomic E-state index is 9.07. The number of ether oxygens (including phenoxy) is 1.